The number of primary amides is 1. The summed E-state index contributed by atoms with van der Waals surface area (Å²) in [6.07, 6.45) is 3.89. The van der Waals surface area contributed by atoms with E-state index < -0.39 is 5.91 Å². The van der Waals surface area contributed by atoms with E-state index in [0.29, 0.717) is 11.6 Å². The fourth-order valence-electron chi connectivity index (χ4n) is 2.88. The molecule has 24 heavy (non-hydrogen) atoms. The van der Waals surface area contributed by atoms with E-state index in [-0.39, 0.29) is 0 Å². The van der Waals surface area contributed by atoms with E-state index in [1.165, 1.54) is 0 Å². The van der Waals surface area contributed by atoms with Gasteiger partial charge in [0.2, 0.25) is 0 Å². The number of carbonyl (C=O) groups excluding carboxylic acids is 1. The Kier molecular flexibility index (Phi) is 3.37. The highest BCUT2D eigenvalue weighted by molar-refractivity contribution is 5.93. The summed E-state index contributed by atoms with van der Waals surface area (Å²) < 4.78 is 1.87. The molecule has 120 valence electrons. The molecule has 2 heterocycles. The molecule has 0 atom stereocenters. The maximum Gasteiger partial charge on any atom is 0.267 e. The molecule has 0 saturated heterocycles. The topological polar surface area (TPSA) is 86.7 Å². The molecule has 4 rings (SSSR count). The number of hydrogen-bond acceptors (Lipinski definition) is 4. The highest BCUT2D eigenvalue weighted by Gasteiger charge is 2.27. The third-order valence-electron chi connectivity index (χ3n) is 4.28. The molecule has 1 aliphatic carbocycles. The van der Waals surface area contributed by atoms with Crippen LogP contribution in [0.25, 0.3) is 22.5 Å². The van der Waals surface area contributed by atoms with E-state index >= 15 is 0 Å². The van der Waals surface area contributed by atoms with Crippen LogP contribution in [0.1, 0.15) is 34.9 Å². The van der Waals surface area contributed by atoms with Crippen LogP contribution in [0.3, 0.4) is 0 Å². The van der Waals surface area contributed by atoms with Gasteiger partial charge in [-0.3, -0.25) is 4.79 Å². The Morgan fingerprint density at radius 1 is 1.21 bits per heavy atom. The van der Waals surface area contributed by atoms with Crippen molar-refractivity contribution in [3.05, 3.63) is 54.1 Å². The minimum absolute atomic E-state index is 0.308. The molecule has 6 nitrogen and oxygen atoms in total. The Morgan fingerprint density at radius 2 is 1.96 bits per heavy atom. The number of amides is 1. The third kappa shape index (κ3) is 2.56. The maximum atomic E-state index is 11.7. The highest BCUT2D eigenvalue weighted by atomic mass is 16.1. The molecule has 1 aromatic carbocycles. The van der Waals surface area contributed by atoms with Crippen molar-refractivity contribution in [3.63, 3.8) is 0 Å². The number of nitrogens with two attached hydrogens (primary N) is 1. The van der Waals surface area contributed by atoms with E-state index in [2.05, 4.69) is 21.2 Å². The highest BCUT2D eigenvalue weighted by Crippen LogP contribution is 2.41. The van der Waals surface area contributed by atoms with Gasteiger partial charge >= 0.3 is 0 Å². The molecule has 1 amide bonds. The zero-order valence-electron chi connectivity index (χ0n) is 13.3. The van der Waals surface area contributed by atoms with Gasteiger partial charge in [0.1, 0.15) is 12.0 Å². The zero-order chi connectivity index (χ0) is 16.7. The first-order chi connectivity index (χ1) is 11.6. The molecule has 6 heteroatoms. The summed E-state index contributed by atoms with van der Waals surface area (Å²) in [6, 6.07) is 11.8. The summed E-state index contributed by atoms with van der Waals surface area (Å²) in [7, 11) is 1.91. The maximum absolute atomic E-state index is 11.7. The monoisotopic (exact) mass is 319 g/mol. The van der Waals surface area contributed by atoms with Gasteiger partial charge in [-0.25, -0.2) is 4.98 Å². The van der Waals surface area contributed by atoms with Crippen LogP contribution in [-0.2, 0) is 7.05 Å². The second-order valence-corrected chi connectivity index (χ2v) is 6.12. The summed E-state index contributed by atoms with van der Waals surface area (Å²) in [4.78, 5) is 16.1. The summed E-state index contributed by atoms with van der Waals surface area (Å²) in [5.74, 6) is 0.705. The van der Waals surface area contributed by atoms with Crippen molar-refractivity contribution < 1.29 is 4.79 Å². The molecule has 0 unspecified atom stereocenters. The number of hydrogen-bond donors (Lipinski definition) is 1. The standard InChI is InChI=1S/C18H17N5O/c1-23-10-20-22-18(23)14-5-3-2-4-13(14)12-8-15(11-6-7-11)21-16(9-12)17(19)24/h2-5,8-11H,6-7H2,1H3,(H2,19,24). The van der Waals surface area contributed by atoms with Gasteiger partial charge < -0.3 is 10.3 Å². The lowest BCUT2D eigenvalue weighted by Crippen LogP contribution is -2.14. The Morgan fingerprint density at radius 3 is 2.58 bits per heavy atom. The number of nitrogens with zero attached hydrogens (tertiary/aromatic N) is 4. The number of aryl methyl sites for hydroxylation is 1. The zero-order valence-corrected chi connectivity index (χ0v) is 13.3. The molecule has 1 aliphatic rings. The minimum Gasteiger partial charge on any atom is -0.364 e. The first-order valence-corrected chi connectivity index (χ1v) is 7.89. The number of carbonyl (C=O) groups is 1. The summed E-state index contributed by atoms with van der Waals surface area (Å²) in [6.45, 7) is 0. The van der Waals surface area contributed by atoms with Crippen molar-refractivity contribution in [3.8, 4) is 22.5 Å². The van der Waals surface area contributed by atoms with Crippen molar-refractivity contribution in [2.45, 2.75) is 18.8 Å². The molecule has 0 bridgehead atoms. The fraction of sp³-hybridized carbons (Fsp3) is 0.222. The van der Waals surface area contributed by atoms with Gasteiger partial charge in [0.05, 0.1) is 0 Å². The lowest BCUT2D eigenvalue weighted by molar-refractivity contribution is 0.0995. The first kappa shape index (κ1) is 14.6. The third-order valence-corrected chi connectivity index (χ3v) is 4.28. The quantitative estimate of drug-likeness (QED) is 0.800. The van der Waals surface area contributed by atoms with Crippen LogP contribution in [0.2, 0.25) is 0 Å². The molecular weight excluding hydrogens is 302 g/mol. The smallest absolute Gasteiger partial charge is 0.267 e. The SMILES string of the molecule is Cn1cnnc1-c1ccccc1-c1cc(C(N)=O)nc(C2CC2)c1. The normalized spacial score (nSPS) is 13.9. The summed E-state index contributed by atoms with van der Waals surface area (Å²) in [5, 5.41) is 8.17. The van der Waals surface area contributed by atoms with Crippen LogP contribution < -0.4 is 5.73 Å². The van der Waals surface area contributed by atoms with Crippen molar-refractivity contribution in [2.75, 3.05) is 0 Å². The Labute approximate surface area is 139 Å². The van der Waals surface area contributed by atoms with Crippen LogP contribution in [0.15, 0.2) is 42.7 Å². The van der Waals surface area contributed by atoms with Gasteiger partial charge in [-0.1, -0.05) is 24.3 Å². The van der Waals surface area contributed by atoms with Crippen LogP contribution >= 0.6 is 0 Å². The summed E-state index contributed by atoms with van der Waals surface area (Å²) >= 11 is 0. The first-order valence-electron chi connectivity index (χ1n) is 7.89. The van der Waals surface area contributed by atoms with Gasteiger partial charge in [0, 0.05) is 24.2 Å². The Hall–Kier alpha value is -3.02. The molecule has 0 spiro atoms. The number of aromatic nitrogens is 4. The van der Waals surface area contributed by atoms with E-state index in [4.69, 9.17) is 5.73 Å². The van der Waals surface area contributed by atoms with Crippen LogP contribution in [-0.4, -0.2) is 25.7 Å². The van der Waals surface area contributed by atoms with Crippen molar-refractivity contribution in [2.24, 2.45) is 12.8 Å². The molecule has 3 aromatic rings. The lowest BCUT2D eigenvalue weighted by atomic mass is 9.97. The second kappa shape index (κ2) is 5.56. The largest absolute Gasteiger partial charge is 0.364 e. The van der Waals surface area contributed by atoms with Crippen LogP contribution in [0.5, 0.6) is 0 Å². The van der Waals surface area contributed by atoms with E-state index in [0.717, 1.165) is 41.1 Å². The van der Waals surface area contributed by atoms with Gasteiger partial charge in [0.15, 0.2) is 5.82 Å². The number of rotatable bonds is 4. The molecule has 0 aliphatic heterocycles. The fourth-order valence-corrected chi connectivity index (χ4v) is 2.88. The predicted octanol–water partition coefficient (Wildman–Crippen LogP) is 2.52. The van der Waals surface area contributed by atoms with Gasteiger partial charge in [-0.15, -0.1) is 10.2 Å². The number of benzene rings is 1. The summed E-state index contributed by atoms with van der Waals surface area (Å²) in [5.41, 5.74) is 9.60. The molecular formula is C18H17N5O. The minimum atomic E-state index is -0.505. The van der Waals surface area contributed by atoms with E-state index in [9.17, 15) is 4.79 Å². The average Bonchev–Trinajstić information content (AvgIpc) is 3.36. The van der Waals surface area contributed by atoms with Crippen molar-refractivity contribution >= 4 is 5.91 Å². The average molecular weight is 319 g/mol. The van der Waals surface area contributed by atoms with Crippen molar-refractivity contribution in [1.29, 1.82) is 0 Å². The van der Waals surface area contributed by atoms with Gasteiger partial charge in [-0.2, -0.15) is 0 Å². The Balaban J connectivity index is 1.91. The molecule has 1 saturated carbocycles. The number of pyridine rings is 1. The molecule has 2 N–H and O–H groups in total. The second-order valence-electron chi connectivity index (χ2n) is 6.12. The van der Waals surface area contributed by atoms with Gasteiger partial charge in [-0.05, 0) is 36.1 Å². The van der Waals surface area contributed by atoms with Gasteiger partial charge in [0.25, 0.3) is 5.91 Å². The van der Waals surface area contributed by atoms with Crippen LogP contribution in [0, 0.1) is 0 Å². The van der Waals surface area contributed by atoms with E-state index in [1.807, 2.05) is 35.9 Å². The van der Waals surface area contributed by atoms with Crippen LogP contribution in [0.4, 0.5) is 0 Å². The lowest BCUT2D eigenvalue weighted by Gasteiger charge is -2.11. The molecule has 0 radical (unpaired) electrons. The molecule has 1 fully saturated rings. The van der Waals surface area contributed by atoms with E-state index in [1.54, 1.807) is 12.4 Å². The predicted molar refractivity (Wildman–Crippen MR) is 90.2 cm³/mol. The van der Waals surface area contributed by atoms with Crippen molar-refractivity contribution in [1.82, 2.24) is 19.7 Å². The Bertz CT molecular complexity index is 927. The molecule has 2 aromatic heterocycles.